The van der Waals surface area contributed by atoms with Crippen LogP contribution in [0.25, 0.3) is 22.0 Å². The number of aromatic nitrogens is 5. The molecule has 0 aliphatic carbocycles. The van der Waals surface area contributed by atoms with Crippen molar-refractivity contribution in [1.82, 2.24) is 29.6 Å². The average molecular weight is 429 g/mol. The fourth-order valence-electron chi connectivity index (χ4n) is 3.76. The normalized spacial score (nSPS) is 14.6. The van der Waals surface area contributed by atoms with Gasteiger partial charge in [-0.05, 0) is 31.3 Å². The first kappa shape index (κ1) is 20.1. The molecule has 1 amide bonds. The zero-order chi connectivity index (χ0) is 22.1. The lowest BCUT2D eigenvalue weighted by molar-refractivity contribution is 0.102. The van der Waals surface area contributed by atoms with Crippen LogP contribution in [0.1, 0.15) is 10.4 Å². The summed E-state index contributed by atoms with van der Waals surface area (Å²) in [5, 5.41) is 7.96. The molecule has 32 heavy (non-hydrogen) atoms. The lowest BCUT2D eigenvalue weighted by Gasteiger charge is -2.33. The van der Waals surface area contributed by atoms with Crippen molar-refractivity contribution >= 4 is 28.4 Å². The van der Waals surface area contributed by atoms with E-state index in [-0.39, 0.29) is 5.91 Å². The number of hydrogen-bond donors (Lipinski definition) is 1. The number of nitrogens with zero attached hydrogens (tertiary/aromatic N) is 7. The maximum Gasteiger partial charge on any atom is 0.258 e. The highest BCUT2D eigenvalue weighted by atomic mass is 16.1. The van der Waals surface area contributed by atoms with Crippen molar-refractivity contribution in [2.45, 2.75) is 0 Å². The minimum Gasteiger partial charge on any atom is -0.354 e. The summed E-state index contributed by atoms with van der Waals surface area (Å²) in [5.74, 6) is 1.12. The van der Waals surface area contributed by atoms with Crippen LogP contribution >= 0.6 is 0 Å². The van der Waals surface area contributed by atoms with Gasteiger partial charge in [0.2, 0.25) is 0 Å². The van der Waals surface area contributed by atoms with E-state index in [2.05, 4.69) is 42.2 Å². The van der Waals surface area contributed by atoms with Crippen LogP contribution < -0.4 is 10.2 Å². The van der Waals surface area contributed by atoms with Gasteiger partial charge in [-0.25, -0.2) is 9.97 Å². The van der Waals surface area contributed by atoms with Gasteiger partial charge in [-0.1, -0.05) is 0 Å². The molecule has 4 aromatic heterocycles. The van der Waals surface area contributed by atoms with Gasteiger partial charge in [0.05, 0.1) is 23.5 Å². The lowest BCUT2D eigenvalue weighted by Crippen LogP contribution is -2.44. The third-order valence-electron chi connectivity index (χ3n) is 5.68. The summed E-state index contributed by atoms with van der Waals surface area (Å²) < 4.78 is 1.75. The molecule has 5 rings (SSSR count). The molecule has 4 aromatic rings. The van der Waals surface area contributed by atoms with Crippen LogP contribution in [0.5, 0.6) is 0 Å². The minimum atomic E-state index is -0.245. The number of rotatable bonds is 4. The van der Waals surface area contributed by atoms with E-state index >= 15 is 0 Å². The van der Waals surface area contributed by atoms with E-state index in [1.54, 1.807) is 35.5 Å². The van der Waals surface area contributed by atoms with Crippen LogP contribution in [0.4, 0.5) is 11.6 Å². The Morgan fingerprint density at radius 2 is 1.75 bits per heavy atom. The molecule has 162 valence electrons. The fourth-order valence-corrected chi connectivity index (χ4v) is 3.76. The molecule has 1 N–H and O–H groups in total. The molecule has 1 aliphatic heterocycles. The molecule has 9 heteroatoms. The summed E-state index contributed by atoms with van der Waals surface area (Å²) >= 11 is 0. The van der Waals surface area contributed by atoms with Gasteiger partial charge in [-0.2, -0.15) is 5.10 Å². The number of hydrogen-bond acceptors (Lipinski definition) is 7. The molecule has 0 atom stereocenters. The summed E-state index contributed by atoms with van der Waals surface area (Å²) in [6.45, 7) is 3.89. The van der Waals surface area contributed by atoms with Gasteiger partial charge in [0.1, 0.15) is 11.6 Å². The summed E-state index contributed by atoms with van der Waals surface area (Å²) in [6.07, 6.45) is 8.81. The highest BCUT2D eigenvalue weighted by Gasteiger charge is 2.16. The zero-order valence-electron chi connectivity index (χ0n) is 18.1. The summed E-state index contributed by atoms with van der Waals surface area (Å²) in [6, 6.07) is 7.55. The lowest BCUT2D eigenvalue weighted by atomic mass is 10.1. The van der Waals surface area contributed by atoms with Gasteiger partial charge >= 0.3 is 0 Å². The minimum absolute atomic E-state index is 0.245. The molecule has 0 unspecified atom stereocenters. The molecule has 0 spiro atoms. The number of amides is 1. The van der Waals surface area contributed by atoms with Crippen LogP contribution in [-0.4, -0.2) is 68.8 Å². The Morgan fingerprint density at radius 1 is 0.906 bits per heavy atom. The highest BCUT2D eigenvalue weighted by molar-refractivity contribution is 6.04. The van der Waals surface area contributed by atoms with E-state index in [0.717, 1.165) is 54.0 Å². The first-order valence-electron chi connectivity index (χ1n) is 10.5. The summed E-state index contributed by atoms with van der Waals surface area (Å²) in [7, 11) is 4.00. The van der Waals surface area contributed by atoms with Crippen molar-refractivity contribution < 1.29 is 4.79 Å². The van der Waals surface area contributed by atoms with Gasteiger partial charge in [-0.3, -0.25) is 14.5 Å². The molecule has 0 aromatic carbocycles. The molecule has 0 radical (unpaired) electrons. The van der Waals surface area contributed by atoms with E-state index in [9.17, 15) is 4.79 Å². The number of likely N-dealkylation sites (N-methyl/N-ethyl adjacent to an activating group) is 1. The number of fused-ring (bicyclic) bond motifs is 1. The quantitative estimate of drug-likeness (QED) is 0.534. The largest absolute Gasteiger partial charge is 0.354 e. The van der Waals surface area contributed by atoms with Crippen LogP contribution in [0.15, 0.2) is 55.2 Å². The number of carbonyl (C=O) groups is 1. The van der Waals surface area contributed by atoms with E-state index in [1.165, 1.54) is 0 Å². The maximum absolute atomic E-state index is 12.7. The number of carbonyl (C=O) groups excluding carboxylic acids is 1. The smallest absolute Gasteiger partial charge is 0.258 e. The molecule has 5 heterocycles. The Kier molecular flexibility index (Phi) is 5.24. The van der Waals surface area contributed by atoms with Crippen molar-refractivity contribution in [3.8, 4) is 11.1 Å². The van der Waals surface area contributed by atoms with Crippen LogP contribution in [-0.2, 0) is 7.05 Å². The number of aryl methyl sites for hydroxylation is 1. The highest BCUT2D eigenvalue weighted by Crippen LogP contribution is 2.23. The van der Waals surface area contributed by atoms with Crippen molar-refractivity contribution in [2.75, 3.05) is 43.4 Å². The van der Waals surface area contributed by atoms with Crippen molar-refractivity contribution in [2.24, 2.45) is 7.05 Å². The van der Waals surface area contributed by atoms with Crippen LogP contribution in [0, 0.1) is 0 Å². The monoisotopic (exact) mass is 428 g/mol. The third-order valence-corrected chi connectivity index (χ3v) is 5.68. The SMILES string of the molecule is CN1CCN(c2ccc(C(=O)Nc3cc4cc(-c5cnn(C)c5)cnc4cn3)cn2)CC1. The molecular weight excluding hydrogens is 404 g/mol. The van der Waals surface area contributed by atoms with Gasteiger partial charge in [-0.15, -0.1) is 0 Å². The van der Waals surface area contributed by atoms with Gasteiger partial charge in [0.25, 0.3) is 5.91 Å². The Labute approximate surface area is 185 Å². The Morgan fingerprint density at radius 3 is 2.47 bits per heavy atom. The summed E-state index contributed by atoms with van der Waals surface area (Å²) in [4.78, 5) is 30.6. The van der Waals surface area contributed by atoms with E-state index in [4.69, 9.17) is 0 Å². The van der Waals surface area contributed by atoms with E-state index in [1.807, 2.05) is 31.4 Å². The molecule has 1 aliphatic rings. The van der Waals surface area contributed by atoms with Crippen molar-refractivity contribution in [3.05, 3.63) is 60.8 Å². The number of piperazine rings is 1. The predicted molar refractivity (Wildman–Crippen MR) is 124 cm³/mol. The zero-order valence-corrected chi connectivity index (χ0v) is 18.1. The molecule has 1 fully saturated rings. The predicted octanol–water partition coefficient (Wildman–Crippen LogP) is 2.43. The number of nitrogens with one attached hydrogen (secondary N) is 1. The number of pyridine rings is 3. The molecular formula is C23H24N8O. The third kappa shape index (κ3) is 4.15. The number of anilines is 2. The molecule has 0 bridgehead atoms. The fraction of sp³-hybridized carbons (Fsp3) is 0.261. The van der Waals surface area contributed by atoms with Crippen molar-refractivity contribution in [3.63, 3.8) is 0 Å². The van der Waals surface area contributed by atoms with Gasteiger partial charge in [0.15, 0.2) is 0 Å². The van der Waals surface area contributed by atoms with E-state index in [0.29, 0.717) is 11.4 Å². The molecule has 1 saturated heterocycles. The first-order chi connectivity index (χ1) is 15.5. The second-order valence-electron chi connectivity index (χ2n) is 8.04. The van der Waals surface area contributed by atoms with Gasteiger partial charge < -0.3 is 15.1 Å². The van der Waals surface area contributed by atoms with E-state index < -0.39 is 0 Å². The van der Waals surface area contributed by atoms with Crippen LogP contribution in [0.3, 0.4) is 0 Å². The van der Waals surface area contributed by atoms with Crippen molar-refractivity contribution in [1.29, 1.82) is 0 Å². The molecule has 0 saturated carbocycles. The second kappa shape index (κ2) is 8.35. The standard InChI is InChI=1S/C23H24N8O/c1-29-5-7-31(8-6-29)22-4-3-16(11-26-22)23(32)28-21-10-17-9-18(12-24-20(17)14-25-21)19-13-27-30(2)15-19/h3-4,9-15H,5-8H2,1-2H3,(H,25,28,32). The Bertz CT molecular complexity index is 1260. The van der Waals surface area contributed by atoms with Crippen LogP contribution in [0.2, 0.25) is 0 Å². The first-order valence-corrected chi connectivity index (χ1v) is 10.5. The Hall–Kier alpha value is -3.85. The Balaban J connectivity index is 1.31. The summed E-state index contributed by atoms with van der Waals surface area (Å²) in [5.41, 5.74) is 3.19. The molecule has 9 nitrogen and oxygen atoms in total. The van der Waals surface area contributed by atoms with Gasteiger partial charge in [0, 0.05) is 68.3 Å². The topological polar surface area (TPSA) is 92.1 Å². The second-order valence-corrected chi connectivity index (χ2v) is 8.04. The maximum atomic E-state index is 12.7. The average Bonchev–Trinajstić information content (AvgIpc) is 3.25.